The van der Waals surface area contributed by atoms with Gasteiger partial charge in [-0.05, 0) is 69.3 Å². The number of aromatic nitrogens is 4. The van der Waals surface area contributed by atoms with Crippen molar-refractivity contribution in [1.82, 2.24) is 28.9 Å². The number of amides is 1. The molecule has 1 aliphatic heterocycles. The molecule has 1 aliphatic rings. The first-order chi connectivity index (χ1) is 18.9. The summed E-state index contributed by atoms with van der Waals surface area (Å²) in [6.07, 6.45) is 6.52. The Bertz CT molecular complexity index is 1520. The van der Waals surface area contributed by atoms with E-state index < -0.39 is 0 Å². The van der Waals surface area contributed by atoms with E-state index in [-0.39, 0.29) is 23.3 Å². The second kappa shape index (κ2) is 11.5. The van der Waals surface area contributed by atoms with Crippen LogP contribution in [0.15, 0.2) is 77.9 Å². The highest BCUT2D eigenvalue weighted by atomic mass is 16.5. The van der Waals surface area contributed by atoms with Gasteiger partial charge in [0.2, 0.25) is 5.91 Å². The van der Waals surface area contributed by atoms with Crippen molar-refractivity contribution in [3.05, 3.63) is 83.6 Å². The summed E-state index contributed by atoms with van der Waals surface area (Å²) in [6.45, 7) is 2.53. The largest absolute Gasteiger partial charge is 0.457 e. The molecular formula is C29H33N7O3. The zero-order chi connectivity index (χ0) is 27.4. The maximum Gasteiger partial charge on any atom is 0.335 e. The Morgan fingerprint density at radius 2 is 1.74 bits per heavy atom. The van der Waals surface area contributed by atoms with Crippen LogP contribution >= 0.6 is 0 Å². The molecule has 2 aromatic carbocycles. The molecule has 0 bridgehead atoms. The van der Waals surface area contributed by atoms with Crippen LogP contribution in [-0.2, 0) is 11.3 Å². The summed E-state index contributed by atoms with van der Waals surface area (Å²) < 4.78 is 9.14. The predicted molar refractivity (Wildman–Crippen MR) is 151 cm³/mol. The number of fused-ring (bicyclic) bond motifs is 1. The second-order valence-electron chi connectivity index (χ2n) is 10.0. The molecule has 0 aliphatic carbocycles. The lowest BCUT2D eigenvalue weighted by atomic mass is 9.96. The number of likely N-dealkylation sites (tertiary alicyclic amines) is 1. The van der Waals surface area contributed by atoms with Gasteiger partial charge < -0.3 is 20.3 Å². The number of anilines is 1. The lowest BCUT2D eigenvalue weighted by Gasteiger charge is -2.31. The molecule has 1 amide bonds. The maximum atomic E-state index is 13.7. The molecule has 2 aromatic heterocycles. The zero-order valence-corrected chi connectivity index (χ0v) is 22.2. The summed E-state index contributed by atoms with van der Waals surface area (Å²) >= 11 is 0. The molecule has 0 atom stereocenters. The minimum Gasteiger partial charge on any atom is -0.457 e. The van der Waals surface area contributed by atoms with Crippen LogP contribution < -0.4 is 16.2 Å². The number of benzene rings is 2. The molecule has 2 N–H and O–H groups in total. The van der Waals surface area contributed by atoms with Gasteiger partial charge >= 0.3 is 5.69 Å². The average molecular weight is 528 g/mol. The number of nitrogen functional groups attached to an aromatic ring is 1. The number of nitrogens with zero attached hydrogens (tertiary/aromatic N) is 6. The number of piperidine rings is 1. The van der Waals surface area contributed by atoms with Crippen LogP contribution in [0.2, 0.25) is 0 Å². The Balaban J connectivity index is 1.35. The van der Waals surface area contributed by atoms with Crippen LogP contribution in [0.1, 0.15) is 12.8 Å². The number of nitrogens with two attached hydrogens (primary N) is 1. The number of hydrogen-bond acceptors (Lipinski definition) is 7. The van der Waals surface area contributed by atoms with Gasteiger partial charge in [-0.1, -0.05) is 24.3 Å². The van der Waals surface area contributed by atoms with Gasteiger partial charge in [-0.2, -0.15) is 0 Å². The molecule has 4 aromatic rings. The molecular weight excluding hydrogens is 494 g/mol. The molecule has 1 fully saturated rings. The van der Waals surface area contributed by atoms with Crippen LogP contribution in [0.5, 0.6) is 11.5 Å². The highest BCUT2D eigenvalue weighted by Crippen LogP contribution is 2.26. The normalized spacial score (nSPS) is 14.5. The second-order valence-corrected chi connectivity index (χ2v) is 10.0. The van der Waals surface area contributed by atoms with Crippen molar-refractivity contribution in [2.24, 2.45) is 5.92 Å². The van der Waals surface area contributed by atoms with Gasteiger partial charge in [-0.3, -0.25) is 13.9 Å². The molecule has 0 saturated carbocycles. The number of imidazole rings is 1. The van der Waals surface area contributed by atoms with Gasteiger partial charge in [0.1, 0.15) is 23.3 Å². The van der Waals surface area contributed by atoms with Crippen molar-refractivity contribution < 1.29 is 9.53 Å². The summed E-state index contributed by atoms with van der Waals surface area (Å²) in [5.41, 5.74) is 7.66. The fourth-order valence-electron chi connectivity index (χ4n) is 4.86. The third-order valence-electron chi connectivity index (χ3n) is 6.90. The Labute approximate surface area is 226 Å². The first-order valence-electron chi connectivity index (χ1n) is 13.1. The highest BCUT2D eigenvalue weighted by molar-refractivity contribution is 5.87. The van der Waals surface area contributed by atoms with Crippen molar-refractivity contribution >= 4 is 22.9 Å². The first-order valence-corrected chi connectivity index (χ1v) is 13.1. The summed E-state index contributed by atoms with van der Waals surface area (Å²) in [5, 5.41) is 0. The number of likely N-dealkylation sites (N-methyl/N-ethyl adjacent to an activating group) is 1. The number of carbonyl (C=O) groups is 1. The fraction of sp³-hybridized carbons (Fsp3) is 0.310. The van der Waals surface area contributed by atoms with Crippen molar-refractivity contribution in [2.45, 2.75) is 19.4 Å². The molecule has 10 nitrogen and oxygen atoms in total. The third kappa shape index (κ3) is 5.85. The van der Waals surface area contributed by atoms with E-state index in [2.05, 4.69) is 9.97 Å². The van der Waals surface area contributed by atoms with Crippen LogP contribution in [0.3, 0.4) is 0 Å². The minimum absolute atomic E-state index is 0.0317. The van der Waals surface area contributed by atoms with E-state index in [1.54, 1.807) is 15.2 Å². The molecule has 39 heavy (non-hydrogen) atoms. The molecule has 0 radical (unpaired) electrons. The quantitative estimate of drug-likeness (QED) is 0.350. The van der Waals surface area contributed by atoms with Crippen molar-refractivity contribution in [1.29, 1.82) is 0 Å². The molecule has 1 saturated heterocycles. The van der Waals surface area contributed by atoms with Crippen molar-refractivity contribution in [2.75, 3.05) is 39.5 Å². The van der Waals surface area contributed by atoms with Crippen molar-refractivity contribution in [3.8, 4) is 17.2 Å². The molecule has 202 valence electrons. The first kappa shape index (κ1) is 26.2. The van der Waals surface area contributed by atoms with Gasteiger partial charge in [-0.15, -0.1) is 0 Å². The molecule has 3 heterocycles. The van der Waals surface area contributed by atoms with Gasteiger partial charge in [-0.25, -0.2) is 14.8 Å². The monoisotopic (exact) mass is 527 g/mol. The minimum atomic E-state index is -0.223. The third-order valence-corrected chi connectivity index (χ3v) is 6.90. The van der Waals surface area contributed by atoms with Crippen molar-refractivity contribution in [3.63, 3.8) is 0 Å². The summed E-state index contributed by atoms with van der Waals surface area (Å²) in [4.78, 5) is 38.7. The van der Waals surface area contributed by atoms with E-state index >= 15 is 0 Å². The predicted octanol–water partition coefficient (Wildman–Crippen LogP) is 3.31. The van der Waals surface area contributed by atoms with E-state index in [4.69, 9.17) is 10.5 Å². The van der Waals surface area contributed by atoms with E-state index in [0.717, 1.165) is 25.1 Å². The number of ether oxygens (including phenoxy) is 1. The average Bonchev–Trinajstić information content (AvgIpc) is 3.22. The van der Waals surface area contributed by atoms with E-state index in [1.807, 2.05) is 84.6 Å². The van der Waals surface area contributed by atoms with Crippen LogP contribution in [0, 0.1) is 5.92 Å². The van der Waals surface area contributed by atoms with Crippen LogP contribution in [0.25, 0.3) is 16.9 Å². The Kier molecular flexibility index (Phi) is 7.74. The SMILES string of the molecule is CN(C)C/C=C/C(=O)N1CCC(Cn2c(=O)n(-c3ccc(Oc4ccccc4)cc3)c3c(N)ncnc32)CC1. The molecule has 10 heteroatoms. The standard InChI is InChI=1S/C29H33N7O3/c1-33(2)16-6-9-25(37)34-17-14-21(15-18-34)19-35-28-26(27(30)31-20-32-28)36(29(35)38)22-10-12-24(13-11-22)39-23-7-4-3-5-8-23/h3-13,20-21H,14-19H2,1-2H3,(H2,30,31,32)/b9-6+. The lowest BCUT2D eigenvalue weighted by Crippen LogP contribution is -2.39. The molecule has 0 spiro atoms. The summed E-state index contributed by atoms with van der Waals surface area (Å²) in [6, 6.07) is 16.8. The number of rotatable bonds is 8. The van der Waals surface area contributed by atoms with E-state index in [9.17, 15) is 9.59 Å². The fourth-order valence-corrected chi connectivity index (χ4v) is 4.86. The molecule has 0 unspecified atom stereocenters. The number of carbonyl (C=O) groups excluding carboxylic acids is 1. The highest BCUT2D eigenvalue weighted by Gasteiger charge is 2.25. The van der Waals surface area contributed by atoms with E-state index in [0.29, 0.717) is 42.2 Å². The smallest absolute Gasteiger partial charge is 0.335 e. The topological polar surface area (TPSA) is 112 Å². The summed E-state index contributed by atoms with van der Waals surface area (Å²) in [7, 11) is 3.93. The van der Waals surface area contributed by atoms with Crippen LogP contribution in [-0.4, -0.2) is 68.5 Å². The Morgan fingerprint density at radius 3 is 2.44 bits per heavy atom. The Morgan fingerprint density at radius 1 is 1.05 bits per heavy atom. The Hall–Kier alpha value is -4.44. The molecule has 5 rings (SSSR count). The van der Waals surface area contributed by atoms with Gasteiger partial charge in [0.25, 0.3) is 0 Å². The van der Waals surface area contributed by atoms with Gasteiger partial charge in [0.15, 0.2) is 11.5 Å². The van der Waals surface area contributed by atoms with Crippen LogP contribution in [0.4, 0.5) is 5.82 Å². The van der Waals surface area contributed by atoms with Gasteiger partial charge in [0, 0.05) is 32.3 Å². The summed E-state index contributed by atoms with van der Waals surface area (Å²) in [5.74, 6) is 1.89. The number of para-hydroxylation sites is 1. The lowest BCUT2D eigenvalue weighted by molar-refractivity contribution is -0.127. The van der Waals surface area contributed by atoms with Gasteiger partial charge in [0.05, 0.1) is 5.69 Å². The zero-order valence-electron chi connectivity index (χ0n) is 22.2. The maximum absolute atomic E-state index is 13.7. The number of hydrogen-bond donors (Lipinski definition) is 1. The van der Waals surface area contributed by atoms with E-state index in [1.165, 1.54) is 6.33 Å².